The molecule has 0 fully saturated rings. The van der Waals surface area contributed by atoms with Crippen molar-refractivity contribution in [3.05, 3.63) is 39.4 Å². The summed E-state index contributed by atoms with van der Waals surface area (Å²) in [5.74, 6) is 0. The average Bonchev–Trinajstić information content (AvgIpc) is 2.54. The van der Waals surface area contributed by atoms with Gasteiger partial charge in [-0.25, -0.2) is 0 Å². The van der Waals surface area contributed by atoms with Crippen molar-refractivity contribution in [1.29, 1.82) is 0 Å². The summed E-state index contributed by atoms with van der Waals surface area (Å²) in [7, 11) is -3.49. The fraction of sp³-hybridized carbons (Fsp3) is 0.400. The Hall–Kier alpha value is -1.47. The molecule has 0 N–H and O–H groups in total. The molecule has 1 aliphatic rings. The van der Waals surface area contributed by atoms with Crippen molar-refractivity contribution >= 4 is 15.8 Å². The van der Waals surface area contributed by atoms with Crippen LogP contribution in [-0.2, 0) is 27.1 Å². The molecule has 7 heteroatoms. The first-order valence-corrected chi connectivity index (χ1v) is 6.81. The Labute approximate surface area is 98.5 Å². The molecule has 17 heavy (non-hydrogen) atoms. The summed E-state index contributed by atoms with van der Waals surface area (Å²) in [5, 5.41) is 10.6. The minimum atomic E-state index is -3.49. The largest absolute Gasteiger partial charge is 0.269 e. The lowest BCUT2D eigenvalue weighted by molar-refractivity contribution is -0.384. The van der Waals surface area contributed by atoms with Crippen LogP contribution in [-0.4, -0.2) is 25.7 Å². The smallest absolute Gasteiger partial charge is 0.266 e. The van der Waals surface area contributed by atoms with E-state index in [9.17, 15) is 18.5 Å². The number of non-ortho nitro benzene ring substituents is 1. The number of nitro groups is 1. The lowest BCUT2D eigenvalue weighted by Crippen LogP contribution is -2.17. The molecule has 0 saturated heterocycles. The second kappa shape index (κ2) is 4.08. The Morgan fingerprint density at radius 3 is 2.59 bits per heavy atom. The van der Waals surface area contributed by atoms with Crippen molar-refractivity contribution in [2.24, 2.45) is 0 Å². The molecule has 0 bridgehead atoms. The lowest BCUT2D eigenvalue weighted by Gasteiger charge is -2.07. The zero-order valence-corrected chi connectivity index (χ0v) is 9.94. The fourth-order valence-corrected chi connectivity index (χ4v) is 2.62. The highest BCUT2D eigenvalue weighted by atomic mass is 32.2. The fourth-order valence-electron chi connectivity index (χ4n) is 1.99. The molecule has 92 valence electrons. The quantitative estimate of drug-likeness (QED) is 0.458. The van der Waals surface area contributed by atoms with Crippen LogP contribution in [0.3, 0.4) is 0 Å². The second-order valence-corrected chi connectivity index (χ2v) is 5.64. The van der Waals surface area contributed by atoms with Gasteiger partial charge in [0.15, 0.2) is 0 Å². The van der Waals surface area contributed by atoms with Gasteiger partial charge in [0.2, 0.25) is 0 Å². The number of nitro benzene ring substituents is 1. The average molecular weight is 257 g/mol. The first kappa shape index (κ1) is 12.0. The van der Waals surface area contributed by atoms with Crippen LogP contribution in [0.5, 0.6) is 0 Å². The first-order valence-electron chi connectivity index (χ1n) is 4.99. The highest BCUT2D eigenvalue weighted by Gasteiger charge is 2.26. The Morgan fingerprint density at radius 2 is 2.00 bits per heavy atom. The number of hydrogen-bond donors (Lipinski definition) is 0. The highest BCUT2D eigenvalue weighted by Crippen LogP contribution is 2.28. The molecule has 1 aliphatic carbocycles. The normalized spacial score (nSPS) is 19.0. The molecule has 0 aromatic heterocycles. The second-order valence-electron chi connectivity index (χ2n) is 4.04. The van der Waals surface area contributed by atoms with Crippen LogP contribution < -0.4 is 0 Å². The van der Waals surface area contributed by atoms with Crippen LogP contribution in [0.4, 0.5) is 5.69 Å². The molecule has 0 saturated carbocycles. The maximum absolute atomic E-state index is 11.0. The standard InChI is InChI=1S/C10H11NO5S/c1-17(14,15)16-10-5-7-2-3-9(11(12)13)4-8(7)6-10/h2-4,10H,5-6H2,1H3. The summed E-state index contributed by atoms with van der Waals surface area (Å²) in [6.45, 7) is 0. The van der Waals surface area contributed by atoms with Crippen LogP contribution in [0.15, 0.2) is 18.2 Å². The van der Waals surface area contributed by atoms with Crippen LogP contribution in [0.2, 0.25) is 0 Å². The third-order valence-corrected chi connectivity index (χ3v) is 3.23. The van der Waals surface area contributed by atoms with Crippen molar-refractivity contribution in [3.8, 4) is 0 Å². The van der Waals surface area contributed by atoms with Crippen molar-refractivity contribution in [2.45, 2.75) is 18.9 Å². The van der Waals surface area contributed by atoms with Crippen molar-refractivity contribution < 1.29 is 17.5 Å². The summed E-state index contributed by atoms with van der Waals surface area (Å²) in [4.78, 5) is 10.1. The highest BCUT2D eigenvalue weighted by molar-refractivity contribution is 7.86. The third kappa shape index (κ3) is 2.80. The third-order valence-electron chi connectivity index (χ3n) is 2.61. The van der Waals surface area contributed by atoms with E-state index < -0.39 is 21.1 Å². The summed E-state index contributed by atoms with van der Waals surface area (Å²) in [5.41, 5.74) is 1.71. The van der Waals surface area contributed by atoms with Gasteiger partial charge < -0.3 is 0 Å². The number of benzene rings is 1. The minimum Gasteiger partial charge on any atom is -0.266 e. The van der Waals surface area contributed by atoms with Gasteiger partial charge in [-0.05, 0) is 11.1 Å². The van der Waals surface area contributed by atoms with Gasteiger partial charge in [-0.15, -0.1) is 0 Å². The number of rotatable bonds is 3. The Kier molecular flexibility index (Phi) is 2.88. The minimum absolute atomic E-state index is 0.0174. The predicted molar refractivity (Wildman–Crippen MR) is 60.2 cm³/mol. The summed E-state index contributed by atoms with van der Waals surface area (Å²) in [6, 6.07) is 4.54. The number of nitrogens with zero attached hydrogens (tertiary/aromatic N) is 1. The molecule has 0 spiro atoms. The van der Waals surface area contributed by atoms with Gasteiger partial charge in [0.25, 0.3) is 15.8 Å². The van der Waals surface area contributed by atoms with E-state index in [4.69, 9.17) is 4.18 Å². The van der Waals surface area contributed by atoms with Gasteiger partial charge in [-0.1, -0.05) is 6.07 Å². The molecule has 1 atom stereocenters. The first-order chi connectivity index (χ1) is 7.85. The molecule has 1 unspecified atom stereocenters. The van der Waals surface area contributed by atoms with E-state index in [1.807, 2.05) is 0 Å². The molecule has 2 rings (SSSR count). The summed E-state index contributed by atoms with van der Waals surface area (Å²) < 4.78 is 26.8. The molecule has 1 aromatic rings. The van der Waals surface area contributed by atoms with E-state index in [2.05, 4.69) is 0 Å². The predicted octanol–water partition coefficient (Wildman–Crippen LogP) is 1.04. The molecule has 0 heterocycles. The maximum atomic E-state index is 11.0. The van der Waals surface area contributed by atoms with Gasteiger partial charge in [-0.2, -0.15) is 8.42 Å². The molecule has 0 aliphatic heterocycles. The van der Waals surface area contributed by atoms with Crippen LogP contribution >= 0.6 is 0 Å². The van der Waals surface area contributed by atoms with Crippen LogP contribution in [0.1, 0.15) is 11.1 Å². The van der Waals surface area contributed by atoms with E-state index in [1.54, 1.807) is 6.07 Å². The van der Waals surface area contributed by atoms with E-state index in [1.165, 1.54) is 12.1 Å². The molecule has 1 aromatic carbocycles. The Bertz CT molecular complexity index is 566. The molecule has 6 nitrogen and oxygen atoms in total. The van der Waals surface area contributed by atoms with Crippen LogP contribution in [0.25, 0.3) is 0 Å². The molecular formula is C10H11NO5S. The number of fused-ring (bicyclic) bond motifs is 1. The maximum Gasteiger partial charge on any atom is 0.269 e. The Balaban J connectivity index is 2.19. The van der Waals surface area contributed by atoms with Gasteiger partial charge in [0.05, 0.1) is 17.3 Å². The zero-order valence-electron chi connectivity index (χ0n) is 9.12. The SMILES string of the molecule is CS(=O)(=O)OC1Cc2ccc([N+](=O)[O-])cc2C1. The van der Waals surface area contributed by atoms with Gasteiger partial charge >= 0.3 is 0 Å². The van der Waals surface area contributed by atoms with Crippen molar-refractivity contribution in [1.82, 2.24) is 0 Å². The number of hydrogen-bond acceptors (Lipinski definition) is 5. The van der Waals surface area contributed by atoms with Crippen molar-refractivity contribution in [3.63, 3.8) is 0 Å². The topological polar surface area (TPSA) is 86.5 Å². The molecule has 0 amide bonds. The zero-order chi connectivity index (χ0) is 12.6. The summed E-state index contributed by atoms with van der Waals surface area (Å²) in [6.07, 6.45) is 1.42. The lowest BCUT2D eigenvalue weighted by atomic mass is 10.1. The Morgan fingerprint density at radius 1 is 1.35 bits per heavy atom. The van der Waals surface area contributed by atoms with Gasteiger partial charge in [0.1, 0.15) is 0 Å². The van der Waals surface area contributed by atoms with E-state index in [0.717, 1.165) is 17.4 Å². The molecule has 0 radical (unpaired) electrons. The van der Waals surface area contributed by atoms with E-state index >= 15 is 0 Å². The van der Waals surface area contributed by atoms with E-state index in [0.29, 0.717) is 12.8 Å². The van der Waals surface area contributed by atoms with E-state index in [-0.39, 0.29) is 5.69 Å². The van der Waals surface area contributed by atoms with Gasteiger partial charge in [-0.3, -0.25) is 14.3 Å². The van der Waals surface area contributed by atoms with Crippen molar-refractivity contribution in [2.75, 3.05) is 6.26 Å². The summed E-state index contributed by atoms with van der Waals surface area (Å²) >= 11 is 0. The van der Waals surface area contributed by atoms with Crippen LogP contribution in [0, 0.1) is 10.1 Å². The monoisotopic (exact) mass is 257 g/mol. The molecular weight excluding hydrogens is 246 g/mol. The van der Waals surface area contributed by atoms with Gasteiger partial charge in [0, 0.05) is 25.0 Å².